The van der Waals surface area contributed by atoms with Crippen molar-refractivity contribution >= 4 is 28.2 Å². The van der Waals surface area contributed by atoms with E-state index in [4.69, 9.17) is 4.74 Å². The molecule has 0 bridgehead atoms. The molecule has 1 N–H and O–H groups in total. The molecule has 3 rings (SSSR count). The van der Waals surface area contributed by atoms with Crippen molar-refractivity contribution in [3.63, 3.8) is 0 Å². The van der Waals surface area contributed by atoms with Gasteiger partial charge in [-0.3, -0.25) is 9.48 Å². The summed E-state index contributed by atoms with van der Waals surface area (Å²) >= 11 is 0. The Morgan fingerprint density at radius 1 is 1.20 bits per heavy atom. The van der Waals surface area contributed by atoms with Crippen LogP contribution in [0.15, 0.2) is 48.7 Å². The van der Waals surface area contributed by atoms with Crippen LogP contribution in [0.5, 0.6) is 0 Å². The van der Waals surface area contributed by atoms with Crippen LogP contribution in [-0.2, 0) is 11.3 Å². The van der Waals surface area contributed by atoms with E-state index in [0.717, 1.165) is 22.3 Å². The van der Waals surface area contributed by atoms with Crippen LogP contribution in [0.1, 0.15) is 10.4 Å². The fourth-order valence-electron chi connectivity index (χ4n) is 2.62. The number of amides is 1. The van der Waals surface area contributed by atoms with Gasteiger partial charge in [-0.05, 0) is 42.5 Å². The number of rotatable bonds is 6. The highest BCUT2D eigenvalue weighted by Gasteiger charge is 2.09. The van der Waals surface area contributed by atoms with Crippen LogP contribution in [0.4, 0.5) is 11.4 Å². The van der Waals surface area contributed by atoms with Crippen molar-refractivity contribution in [2.75, 3.05) is 38.0 Å². The second-order valence-corrected chi connectivity index (χ2v) is 6.03. The summed E-state index contributed by atoms with van der Waals surface area (Å²) in [7, 11) is 5.60. The lowest BCUT2D eigenvalue weighted by Gasteiger charge is -2.12. The van der Waals surface area contributed by atoms with Crippen molar-refractivity contribution in [3.05, 3.63) is 54.2 Å². The Balaban J connectivity index is 1.78. The zero-order valence-corrected chi connectivity index (χ0v) is 14.7. The Hall–Kier alpha value is -2.86. The monoisotopic (exact) mass is 338 g/mol. The summed E-state index contributed by atoms with van der Waals surface area (Å²) in [5.41, 5.74) is 3.39. The largest absolute Gasteiger partial charge is 0.383 e. The van der Waals surface area contributed by atoms with Gasteiger partial charge >= 0.3 is 0 Å². The summed E-state index contributed by atoms with van der Waals surface area (Å²) in [6.45, 7) is 1.26. The Morgan fingerprint density at radius 2 is 1.96 bits per heavy atom. The maximum Gasteiger partial charge on any atom is 0.255 e. The Bertz CT molecular complexity index is 869. The quantitative estimate of drug-likeness (QED) is 0.751. The second kappa shape index (κ2) is 7.36. The predicted octanol–water partition coefficient (Wildman–Crippen LogP) is 3.00. The van der Waals surface area contributed by atoms with Crippen LogP contribution in [0.2, 0.25) is 0 Å². The van der Waals surface area contributed by atoms with E-state index in [1.165, 1.54) is 0 Å². The van der Waals surface area contributed by atoms with Crippen LogP contribution in [0.25, 0.3) is 10.9 Å². The van der Waals surface area contributed by atoms with Gasteiger partial charge in [0.2, 0.25) is 0 Å². The number of carbonyl (C=O) groups is 1. The van der Waals surface area contributed by atoms with Gasteiger partial charge in [0, 0.05) is 43.5 Å². The van der Waals surface area contributed by atoms with E-state index in [1.807, 2.05) is 72.3 Å². The molecule has 3 aromatic rings. The lowest BCUT2D eigenvalue weighted by molar-refractivity contribution is 0.102. The average molecular weight is 338 g/mol. The summed E-state index contributed by atoms with van der Waals surface area (Å²) in [5.74, 6) is -0.132. The number of hydrogen-bond donors (Lipinski definition) is 1. The molecule has 6 nitrogen and oxygen atoms in total. The van der Waals surface area contributed by atoms with Gasteiger partial charge in [0.25, 0.3) is 5.91 Å². The summed E-state index contributed by atoms with van der Waals surface area (Å²) in [5, 5.41) is 8.34. The Morgan fingerprint density at radius 3 is 2.64 bits per heavy atom. The Kier molecular flexibility index (Phi) is 5.00. The zero-order chi connectivity index (χ0) is 17.8. The zero-order valence-electron chi connectivity index (χ0n) is 14.7. The fraction of sp³-hybridized carbons (Fsp3) is 0.263. The molecule has 0 saturated heterocycles. The first kappa shape index (κ1) is 17.0. The molecule has 0 aliphatic carbocycles. The molecule has 130 valence electrons. The first-order valence-electron chi connectivity index (χ1n) is 8.12. The van der Waals surface area contributed by atoms with E-state index in [9.17, 15) is 4.79 Å². The van der Waals surface area contributed by atoms with Gasteiger partial charge in [0.1, 0.15) is 0 Å². The fourth-order valence-corrected chi connectivity index (χ4v) is 2.62. The highest BCUT2D eigenvalue weighted by Crippen LogP contribution is 2.20. The first-order valence-corrected chi connectivity index (χ1v) is 8.12. The van der Waals surface area contributed by atoms with Gasteiger partial charge in [0.15, 0.2) is 0 Å². The maximum absolute atomic E-state index is 12.5. The number of aromatic nitrogens is 2. The summed E-state index contributed by atoms with van der Waals surface area (Å²) < 4.78 is 6.98. The number of methoxy groups -OCH3 is 1. The van der Waals surface area contributed by atoms with Gasteiger partial charge in [-0.15, -0.1) is 0 Å². The standard InChI is InChI=1S/C19H22N4O2/c1-22(2)17-8-5-14(6-9-17)19(24)21-16-7-4-15-13-20-23(10-11-25-3)18(15)12-16/h4-9,12-13H,10-11H2,1-3H3,(H,21,24). The second-order valence-electron chi connectivity index (χ2n) is 6.03. The molecule has 6 heteroatoms. The first-order chi connectivity index (χ1) is 12.1. The third-order valence-corrected chi connectivity index (χ3v) is 4.06. The molecular formula is C19H22N4O2. The average Bonchev–Trinajstić information content (AvgIpc) is 3.02. The lowest BCUT2D eigenvalue weighted by atomic mass is 10.1. The molecule has 0 aliphatic heterocycles. The highest BCUT2D eigenvalue weighted by atomic mass is 16.5. The molecule has 0 unspecified atom stereocenters. The number of anilines is 2. The molecule has 0 fully saturated rings. The van der Waals surface area contributed by atoms with E-state index < -0.39 is 0 Å². The van der Waals surface area contributed by atoms with Gasteiger partial charge in [0.05, 0.1) is 24.9 Å². The minimum atomic E-state index is -0.132. The number of carbonyl (C=O) groups excluding carboxylic acids is 1. The minimum Gasteiger partial charge on any atom is -0.383 e. The van der Waals surface area contributed by atoms with Crippen LogP contribution in [0.3, 0.4) is 0 Å². The van der Waals surface area contributed by atoms with Crippen LogP contribution < -0.4 is 10.2 Å². The molecular weight excluding hydrogens is 316 g/mol. The molecule has 1 heterocycles. The maximum atomic E-state index is 12.5. The highest BCUT2D eigenvalue weighted by molar-refractivity contribution is 6.05. The van der Waals surface area contributed by atoms with Gasteiger partial charge < -0.3 is 15.0 Å². The van der Waals surface area contributed by atoms with Crippen LogP contribution >= 0.6 is 0 Å². The smallest absolute Gasteiger partial charge is 0.255 e. The molecule has 0 spiro atoms. The number of fused-ring (bicyclic) bond motifs is 1. The molecule has 25 heavy (non-hydrogen) atoms. The van der Waals surface area contributed by atoms with E-state index in [2.05, 4.69) is 10.4 Å². The molecule has 0 aliphatic rings. The van der Waals surface area contributed by atoms with Gasteiger partial charge in [-0.25, -0.2) is 0 Å². The van der Waals surface area contributed by atoms with E-state index in [0.29, 0.717) is 18.7 Å². The van der Waals surface area contributed by atoms with Crippen LogP contribution in [0, 0.1) is 0 Å². The number of benzene rings is 2. The molecule has 2 aromatic carbocycles. The summed E-state index contributed by atoms with van der Waals surface area (Å²) in [6, 6.07) is 13.3. The van der Waals surface area contributed by atoms with Crippen molar-refractivity contribution in [3.8, 4) is 0 Å². The van der Waals surface area contributed by atoms with Gasteiger partial charge in [-0.2, -0.15) is 5.10 Å². The summed E-state index contributed by atoms with van der Waals surface area (Å²) in [6.07, 6.45) is 1.82. The topological polar surface area (TPSA) is 59.4 Å². The van der Waals surface area contributed by atoms with Crippen molar-refractivity contribution in [1.82, 2.24) is 9.78 Å². The van der Waals surface area contributed by atoms with Crippen molar-refractivity contribution in [2.45, 2.75) is 6.54 Å². The Labute approximate surface area is 147 Å². The van der Waals surface area contributed by atoms with Crippen molar-refractivity contribution in [1.29, 1.82) is 0 Å². The minimum absolute atomic E-state index is 0.132. The van der Waals surface area contributed by atoms with E-state index in [1.54, 1.807) is 7.11 Å². The van der Waals surface area contributed by atoms with Gasteiger partial charge in [-0.1, -0.05) is 0 Å². The van der Waals surface area contributed by atoms with E-state index >= 15 is 0 Å². The van der Waals surface area contributed by atoms with Crippen molar-refractivity contribution in [2.24, 2.45) is 0 Å². The van der Waals surface area contributed by atoms with Crippen molar-refractivity contribution < 1.29 is 9.53 Å². The predicted molar refractivity (Wildman–Crippen MR) is 100 cm³/mol. The molecule has 0 atom stereocenters. The number of ether oxygens (including phenoxy) is 1. The molecule has 0 saturated carbocycles. The molecule has 1 amide bonds. The third kappa shape index (κ3) is 3.80. The molecule has 1 aromatic heterocycles. The van der Waals surface area contributed by atoms with Crippen LogP contribution in [-0.4, -0.2) is 43.5 Å². The SMILES string of the molecule is COCCn1ncc2ccc(NC(=O)c3ccc(N(C)C)cc3)cc21. The third-order valence-electron chi connectivity index (χ3n) is 4.06. The molecule has 0 radical (unpaired) electrons. The number of nitrogens with one attached hydrogen (secondary N) is 1. The summed E-state index contributed by atoms with van der Waals surface area (Å²) in [4.78, 5) is 14.5. The lowest BCUT2D eigenvalue weighted by Crippen LogP contribution is -2.13. The number of nitrogens with zero attached hydrogens (tertiary/aromatic N) is 3. The normalized spacial score (nSPS) is 10.8. The van der Waals surface area contributed by atoms with E-state index in [-0.39, 0.29) is 5.91 Å². The number of hydrogen-bond acceptors (Lipinski definition) is 4.